The van der Waals surface area contributed by atoms with Crippen molar-refractivity contribution in [2.75, 3.05) is 23.7 Å². The van der Waals surface area contributed by atoms with Gasteiger partial charge >= 0.3 is 0 Å². The number of rotatable bonds is 13. The van der Waals surface area contributed by atoms with Crippen molar-refractivity contribution < 1.29 is 0 Å². The van der Waals surface area contributed by atoms with E-state index in [0.717, 1.165) is 37.6 Å². The van der Waals surface area contributed by atoms with Crippen molar-refractivity contribution in [2.24, 2.45) is 0 Å². The molecule has 2 aromatic rings. The van der Waals surface area contributed by atoms with Crippen LogP contribution in [0.5, 0.6) is 0 Å². The van der Waals surface area contributed by atoms with E-state index in [1.807, 2.05) is 0 Å². The van der Waals surface area contributed by atoms with E-state index in [9.17, 15) is 0 Å². The number of aromatic nitrogens is 4. The normalized spacial score (nSPS) is 10.7. The molecule has 0 unspecified atom stereocenters. The van der Waals surface area contributed by atoms with Crippen molar-refractivity contribution >= 4 is 34.8 Å². The molecule has 26 heavy (non-hydrogen) atoms. The number of unbranched alkanes of at least 4 members (excludes halogenated alkanes) is 7. The van der Waals surface area contributed by atoms with Crippen LogP contribution in [0.25, 0.3) is 0 Å². The average molecular weight is 397 g/mol. The molecule has 0 radical (unpaired) electrons. The van der Waals surface area contributed by atoms with Gasteiger partial charge in [-0.1, -0.05) is 61.7 Å². The van der Waals surface area contributed by atoms with Crippen molar-refractivity contribution in [3.05, 3.63) is 35.1 Å². The predicted octanol–water partition coefficient (Wildman–Crippen LogP) is 5.22. The van der Waals surface area contributed by atoms with E-state index in [2.05, 4.69) is 30.6 Å². The first-order chi connectivity index (χ1) is 12.7. The summed E-state index contributed by atoms with van der Waals surface area (Å²) < 4.78 is 0. The van der Waals surface area contributed by atoms with Gasteiger partial charge in [0.25, 0.3) is 0 Å². The highest BCUT2D eigenvalue weighted by molar-refractivity contribution is 6.29. The van der Waals surface area contributed by atoms with Crippen LogP contribution in [0.3, 0.4) is 0 Å². The zero-order chi connectivity index (χ0) is 18.5. The maximum absolute atomic E-state index is 5.82. The molecule has 0 atom stereocenters. The summed E-state index contributed by atoms with van der Waals surface area (Å²) >= 11 is 11.6. The molecular formula is C18H26Cl2N6. The summed E-state index contributed by atoms with van der Waals surface area (Å²) in [6, 6.07) is 3.49. The Morgan fingerprint density at radius 2 is 0.962 bits per heavy atom. The first kappa shape index (κ1) is 20.6. The van der Waals surface area contributed by atoms with Gasteiger partial charge in [-0.25, -0.2) is 19.9 Å². The van der Waals surface area contributed by atoms with E-state index in [1.165, 1.54) is 51.2 Å². The Bertz CT molecular complexity index is 585. The number of hydrogen-bond acceptors (Lipinski definition) is 6. The topological polar surface area (TPSA) is 75.6 Å². The molecule has 2 rings (SSSR count). The molecule has 0 fully saturated rings. The van der Waals surface area contributed by atoms with Gasteiger partial charge in [-0.05, 0) is 12.8 Å². The first-order valence-corrected chi connectivity index (χ1v) is 9.92. The molecular weight excluding hydrogens is 371 g/mol. The highest BCUT2D eigenvalue weighted by Crippen LogP contribution is 2.12. The number of nitrogens with zero attached hydrogens (tertiary/aromatic N) is 4. The summed E-state index contributed by atoms with van der Waals surface area (Å²) in [5.41, 5.74) is 0. The molecule has 6 nitrogen and oxygen atoms in total. The Labute approximate surface area is 165 Å². The van der Waals surface area contributed by atoms with Gasteiger partial charge < -0.3 is 10.6 Å². The van der Waals surface area contributed by atoms with Crippen LogP contribution >= 0.6 is 23.2 Å². The van der Waals surface area contributed by atoms with Gasteiger partial charge in [0.05, 0.1) is 0 Å². The molecule has 0 aliphatic heterocycles. The SMILES string of the molecule is Clc1cc(NCCCCCCCCCCNc2cc(Cl)ncn2)ncn1. The first-order valence-electron chi connectivity index (χ1n) is 9.17. The molecule has 2 heterocycles. The molecule has 2 aromatic heterocycles. The van der Waals surface area contributed by atoms with Gasteiger partial charge in [-0.2, -0.15) is 0 Å². The molecule has 0 saturated carbocycles. The number of hydrogen-bond donors (Lipinski definition) is 2. The lowest BCUT2D eigenvalue weighted by atomic mass is 10.1. The van der Waals surface area contributed by atoms with E-state index in [-0.39, 0.29) is 0 Å². The lowest BCUT2D eigenvalue weighted by molar-refractivity contribution is 0.577. The second kappa shape index (κ2) is 12.7. The Morgan fingerprint density at radius 3 is 1.35 bits per heavy atom. The minimum absolute atomic E-state index is 0.471. The van der Waals surface area contributed by atoms with Crippen LogP contribution < -0.4 is 10.6 Å². The van der Waals surface area contributed by atoms with Crippen molar-refractivity contribution in [3.8, 4) is 0 Å². The maximum atomic E-state index is 5.82. The molecule has 0 saturated heterocycles. The highest BCUT2D eigenvalue weighted by Gasteiger charge is 1.97. The Balaban J connectivity index is 1.36. The van der Waals surface area contributed by atoms with Crippen LogP contribution in [0.15, 0.2) is 24.8 Å². The smallest absolute Gasteiger partial charge is 0.134 e. The summed E-state index contributed by atoms with van der Waals surface area (Å²) in [5, 5.41) is 7.48. The molecule has 142 valence electrons. The standard InChI is InChI=1S/C18H26Cl2N6/c19-15-11-17(25-13-23-15)21-9-7-5-3-1-2-4-6-8-10-22-18-12-16(20)24-14-26-18/h11-14H,1-10H2,(H,21,23,25)(H,22,24,26). The molecule has 2 N–H and O–H groups in total. The van der Waals surface area contributed by atoms with E-state index >= 15 is 0 Å². The summed E-state index contributed by atoms with van der Waals surface area (Å²) in [5.74, 6) is 1.59. The summed E-state index contributed by atoms with van der Waals surface area (Å²) in [4.78, 5) is 16.0. The summed E-state index contributed by atoms with van der Waals surface area (Å²) in [7, 11) is 0. The second-order valence-electron chi connectivity index (χ2n) is 6.13. The van der Waals surface area contributed by atoms with Gasteiger partial charge in [0.2, 0.25) is 0 Å². The average Bonchev–Trinajstić information content (AvgIpc) is 2.63. The van der Waals surface area contributed by atoms with Crippen LogP contribution in [-0.4, -0.2) is 33.0 Å². The van der Waals surface area contributed by atoms with E-state index in [4.69, 9.17) is 23.2 Å². The van der Waals surface area contributed by atoms with Crippen LogP contribution in [-0.2, 0) is 0 Å². The van der Waals surface area contributed by atoms with Crippen LogP contribution in [0.2, 0.25) is 10.3 Å². The highest BCUT2D eigenvalue weighted by atomic mass is 35.5. The van der Waals surface area contributed by atoms with Gasteiger partial charge in [0, 0.05) is 25.2 Å². The van der Waals surface area contributed by atoms with Crippen LogP contribution in [0, 0.1) is 0 Å². The third-order valence-corrected chi connectivity index (χ3v) is 4.40. The third-order valence-electron chi connectivity index (χ3n) is 3.98. The van der Waals surface area contributed by atoms with Gasteiger partial charge in [0.15, 0.2) is 0 Å². The fourth-order valence-electron chi connectivity index (χ4n) is 2.60. The fraction of sp³-hybridized carbons (Fsp3) is 0.556. The molecule has 0 spiro atoms. The quantitative estimate of drug-likeness (QED) is 0.357. The van der Waals surface area contributed by atoms with Crippen molar-refractivity contribution in [3.63, 3.8) is 0 Å². The van der Waals surface area contributed by atoms with E-state index in [1.54, 1.807) is 12.1 Å². The molecule has 0 aliphatic carbocycles. The summed E-state index contributed by atoms with van der Waals surface area (Å²) in [6.45, 7) is 1.85. The number of halogens is 2. The zero-order valence-electron chi connectivity index (χ0n) is 14.9. The minimum atomic E-state index is 0.471. The Hall–Kier alpha value is -1.66. The monoisotopic (exact) mass is 396 g/mol. The Morgan fingerprint density at radius 1 is 0.577 bits per heavy atom. The lowest BCUT2D eigenvalue weighted by Crippen LogP contribution is -2.03. The Kier molecular flexibility index (Phi) is 10.1. The largest absolute Gasteiger partial charge is 0.370 e. The fourth-order valence-corrected chi connectivity index (χ4v) is 2.90. The van der Waals surface area contributed by atoms with Crippen molar-refractivity contribution in [1.82, 2.24) is 19.9 Å². The molecule has 0 aromatic carbocycles. The lowest BCUT2D eigenvalue weighted by Gasteiger charge is -2.06. The maximum Gasteiger partial charge on any atom is 0.134 e. The molecule has 0 bridgehead atoms. The van der Waals surface area contributed by atoms with E-state index < -0.39 is 0 Å². The van der Waals surface area contributed by atoms with Crippen LogP contribution in [0.4, 0.5) is 11.6 Å². The van der Waals surface area contributed by atoms with E-state index in [0.29, 0.717) is 10.3 Å². The third kappa shape index (κ3) is 9.15. The number of nitrogens with one attached hydrogen (secondary N) is 2. The predicted molar refractivity (Wildman–Crippen MR) is 108 cm³/mol. The van der Waals surface area contributed by atoms with Gasteiger partial charge in [0.1, 0.15) is 34.6 Å². The minimum Gasteiger partial charge on any atom is -0.370 e. The number of anilines is 2. The van der Waals surface area contributed by atoms with Gasteiger partial charge in [-0.15, -0.1) is 0 Å². The van der Waals surface area contributed by atoms with Crippen molar-refractivity contribution in [2.45, 2.75) is 51.4 Å². The summed E-state index contributed by atoms with van der Waals surface area (Å²) in [6.07, 6.45) is 12.9. The zero-order valence-corrected chi connectivity index (χ0v) is 16.4. The molecule has 0 aliphatic rings. The molecule has 0 amide bonds. The second-order valence-corrected chi connectivity index (χ2v) is 6.91. The van der Waals surface area contributed by atoms with Crippen molar-refractivity contribution in [1.29, 1.82) is 0 Å². The van der Waals surface area contributed by atoms with Crippen LogP contribution in [0.1, 0.15) is 51.4 Å². The van der Waals surface area contributed by atoms with Gasteiger partial charge in [-0.3, -0.25) is 0 Å². The molecule has 8 heteroatoms.